The van der Waals surface area contributed by atoms with Crippen LogP contribution in [-0.4, -0.2) is 16.3 Å². The molecule has 0 saturated carbocycles. The van der Waals surface area contributed by atoms with Gasteiger partial charge < -0.3 is 11.1 Å². The van der Waals surface area contributed by atoms with E-state index < -0.39 is 0 Å². The van der Waals surface area contributed by atoms with E-state index in [9.17, 15) is 0 Å². The molecule has 0 aliphatic carbocycles. The fraction of sp³-hybridized carbons (Fsp3) is 0.167. The smallest absolute Gasteiger partial charge is 0.168 e. The maximum absolute atomic E-state index is 9.11. The highest BCUT2D eigenvalue weighted by Gasteiger charge is 2.16. The monoisotopic (exact) mass is 295 g/mol. The van der Waals surface area contributed by atoms with Crippen LogP contribution in [-0.2, 0) is 0 Å². The highest BCUT2D eigenvalue weighted by Crippen LogP contribution is 2.28. The van der Waals surface area contributed by atoms with E-state index in [1.807, 2.05) is 13.0 Å². The summed E-state index contributed by atoms with van der Waals surface area (Å²) in [4.78, 5) is 0. The summed E-state index contributed by atoms with van der Waals surface area (Å²) in [6, 6.07) is 7.06. The van der Waals surface area contributed by atoms with Gasteiger partial charge in [-0.25, -0.2) is 4.68 Å². The molecule has 0 fully saturated rings. The van der Waals surface area contributed by atoms with Gasteiger partial charge >= 0.3 is 0 Å². The zero-order chi connectivity index (χ0) is 14.0. The van der Waals surface area contributed by atoms with Crippen molar-refractivity contribution >= 4 is 34.8 Å². The summed E-state index contributed by atoms with van der Waals surface area (Å²) < 4.78 is 1.46. The quantitative estimate of drug-likeness (QED) is 0.912. The molecule has 19 heavy (non-hydrogen) atoms. The van der Waals surface area contributed by atoms with Crippen LogP contribution in [0.25, 0.3) is 5.69 Å². The maximum Gasteiger partial charge on any atom is 0.168 e. The Morgan fingerprint density at radius 3 is 2.74 bits per heavy atom. The summed E-state index contributed by atoms with van der Waals surface area (Å²) in [5, 5.41) is 17.2. The molecule has 0 amide bonds. The van der Waals surface area contributed by atoms with Gasteiger partial charge in [0.25, 0.3) is 0 Å². The second-order valence-corrected chi connectivity index (χ2v) is 4.58. The third-order valence-electron chi connectivity index (χ3n) is 2.52. The standard InChI is InChI=1S/C12H11Cl2N5/c1-2-17-12-8(6-15)11(16)19(18-12)7-3-4-9(13)10(14)5-7/h3-5H,2,16H2,1H3,(H,17,18). The number of benzene rings is 1. The summed E-state index contributed by atoms with van der Waals surface area (Å²) in [7, 11) is 0. The molecule has 7 heteroatoms. The molecule has 1 aromatic heterocycles. The van der Waals surface area contributed by atoms with Crippen LogP contribution in [0.5, 0.6) is 0 Å². The molecule has 5 nitrogen and oxygen atoms in total. The number of hydrogen-bond acceptors (Lipinski definition) is 4. The third kappa shape index (κ3) is 2.46. The number of nitriles is 1. The van der Waals surface area contributed by atoms with E-state index in [1.165, 1.54) is 4.68 Å². The van der Waals surface area contributed by atoms with Gasteiger partial charge in [-0.05, 0) is 25.1 Å². The Hall–Kier alpha value is -1.90. The summed E-state index contributed by atoms with van der Waals surface area (Å²) in [5.41, 5.74) is 6.89. The fourth-order valence-corrected chi connectivity index (χ4v) is 1.94. The first kappa shape index (κ1) is 13.5. The van der Waals surface area contributed by atoms with Crippen molar-refractivity contribution in [1.82, 2.24) is 9.78 Å². The van der Waals surface area contributed by atoms with E-state index in [1.54, 1.807) is 18.2 Å². The van der Waals surface area contributed by atoms with Gasteiger partial charge in [0.2, 0.25) is 0 Å². The Labute approximate surface area is 120 Å². The predicted octanol–water partition coefficient (Wildman–Crippen LogP) is 3.06. The zero-order valence-electron chi connectivity index (χ0n) is 10.1. The molecule has 0 unspecified atom stereocenters. The Balaban J connectivity index is 2.56. The number of aromatic nitrogens is 2. The Morgan fingerprint density at radius 2 is 2.16 bits per heavy atom. The average Bonchev–Trinajstić information content (AvgIpc) is 2.70. The van der Waals surface area contributed by atoms with Crippen LogP contribution in [0.2, 0.25) is 10.0 Å². The molecule has 2 rings (SSSR count). The van der Waals surface area contributed by atoms with Crippen LogP contribution in [0.15, 0.2) is 18.2 Å². The number of nitrogens with zero attached hydrogens (tertiary/aromatic N) is 3. The molecule has 3 N–H and O–H groups in total. The van der Waals surface area contributed by atoms with Crippen LogP contribution >= 0.6 is 23.2 Å². The van der Waals surface area contributed by atoms with Crippen LogP contribution in [0.3, 0.4) is 0 Å². The van der Waals surface area contributed by atoms with Gasteiger partial charge in [0.05, 0.1) is 15.7 Å². The molecule has 0 spiro atoms. The lowest BCUT2D eigenvalue weighted by atomic mass is 10.3. The van der Waals surface area contributed by atoms with Crippen molar-refractivity contribution in [2.24, 2.45) is 0 Å². The predicted molar refractivity (Wildman–Crippen MR) is 76.9 cm³/mol. The molecular weight excluding hydrogens is 285 g/mol. The zero-order valence-corrected chi connectivity index (χ0v) is 11.6. The largest absolute Gasteiger partial charge is 0.382 e. The molecule has 98 valence electrons. The van der Waals surface area contributed by atoms with Crippen molar-refractivity contribution in [2.45, 2.75) is 6.92 Å². The van der Waals surface area contributed by atoms with Crippen molar-refractivity contribution in [2.75, 3.05) is 17.6 Å². The molecule has 2 aromatic rings. The topological polar surface area (TPSA) is 79.7 Å². The normalized spacial score (nSPS) is 10.2. The second-order valence-electron chi connectivity index (χ2n) is 3.76. The van der Waals surface area contributed by atoms with Crippen molar-refractivity contribution in [3.63, 3.8) is 0 Å². The van der Waals surface area contributed by atoms with E-state index in [0.717, 1.165) is 0 Å². The summed E-state index contributed by atoms with van der Waals surface area (Å²) in [6.07, 6.45) is 0. The first-order valence-corrected chi connectivity index (χ1v) is 6.32. The van der Waals surface area contributed by atoms with E-state index in [-0.39, 0.29) is 5.82 Å². The van der Waals surface area contributed by atoms with Crippen molar-refractivity contribution in [3.8, 4) is 11.8 Å². The van der Waals surface area contributed by atoms with Crippen LogP contribution < -0.4 is 11.1 Å². The van der Waals surface area contributed by atoms with Crippen molar-refractivity contribution in [1.29, 1.82) is 5.26 Å². The first-order chi connectivity index (χ1) is 9.08. The van der Waals surface area contributed by atoms with Gasteiger partial charge in [0.15, 0.2) is 5.82 Å². The number of anilines is 2. The molecule has 1 heterocycles. The van der Waals surface area contributed by atoms with Gasteiger partial charge in [-0.1, -0.05) is 23.2 Å². The number of halogens is 2. The van der Waals surface area contributed by atoms with Crippen molar-refractivity contribution in [3.05, 3.63) is 33.8 Å². The number of nitrogens with one attached hydrogen (secondary N) is 1. The summed E-state index contributed by atoms with van der Waals surface area (Å²) >= 11 is 11.8. The third-order valence-corrected chi connectivity index (χ3v) is 3.26. The van der Waals surface area contributed by atoms with Crippen LogP contribution in [0.1, 0.15) is 12.5 Å². The molecule has 0 aliphatic heterocycles. The Morgan fingerprint density at radius 1 is 1.42 bits per heavy atom. The average molecular weight is 296 g/mol. The minimum atomic E-state index is 0.261. The number of nitrogens with two attached hydrogens (primary N) is 1. The minimum Gasteiger partial charge on any atom is -0.382 e. The van der Waals surface area contributed by atoms with Gasteiger partial charge in [-0.2, -0.15) is 5.26 Å². The highest BCUT2D eigenvalue weighted by molar-refractivity contribution is 6.42. The number of rotatable bonds is 3. The van der Waals surface area contributed by atoms with E-state index in [4.69, 9.17) is 34.2 Å². The van der Waals surface area contributed by atoms with Gasteiger partial charge in [0, 0.05) is 6.54 Å². The van der Waals surface area contributed by atoms with Crippen LogP contribution in [0, 0.1) is 11.3 Å². The lowest BCUT2D eigenvalue weighted by Gasteiger charge is -2.05. The SMILES string of the molecule is CCNc1nn(-c2ccc(Cl)c(Cl)c2)c(N)c1C#N. The Bertz CT molecular complexity index is 657. The minimum absolute atomic E-state index is 0.261. The lowest BCUT2D eigenvalue weighted by Crippen LogP contribution is -2.03. The molecular formula is C12H11Cl2N5. The number of hydrogen-bond donors (Lipinski definition) is 2. The molecule has 0 atom stereocenters. The highest BCUT2D eigenvalue weighted by atomic mass is 35.5. The van der Waals surface area contributed by atoms with E-state index >= 15 is 0 Å². The molecule has 1 aromatic carbocycles. The molecule has 0 radical (unpaired) electrons. The fourth-order valence-electron chi connectivity index (χ4n) is 1.65. The van der Waals surface area contributed by atoms with E-state index in [0.29, 0.717) is 33.7 Å². The van der Waals surface area contributed by atoms with Crippen molar-refractivity contribution < 1.29 is 0 Å². The van der Waals surface area contributed by atoms with Crippen LogP contribution in [0.4, 0.5) is 11.6 Å². The first-order valence-electron chi connectivity index (χ1n) is 5.56. The molecule has 0 bridgehead atoms. The van der Waals surface area contributed by atoms with E-state index in [2.05, 4.69) is 10.4 Å². The van der Waals surface area contributed by atoms with Gasteiger partial charge in [0.1, 0.15) is 17.5 Å². The molecule has 0 aliphatic rings. The number of nitrogen functional groups attached to an aromatic ring is 1. The second kappa shape index (κ2) is 5.39. The summed E-state index contributed by atoms with van der Waals surface area (Å²) in [6.45, 7) is 2.56. The van der Waals surface area contributed by atoms with Gasteiger partial charge in [-0.15, -0.1) is 5.10 Å². The molecule has 0 saturated heterocycles. The summed E-state index contributed by atoms with van der Waals surface area (Å²) in [5.74, 6) is 0.713. The van der Waals surface area contributed by atoms with Gasteiger partial charge in [-0.3, -0.25) is 0 Å². The maximum atomic E-state index is 9.11. The Kier molecular flexibility index (Phi) is 3.84. The lowest BCUT2D eigenvalue weighted by molar-refractivity contribution is 0.890.